The summed E-state index contributed by atoms with van der Waals surface area (Å²) in [6.45, 7) is 0. The second-order valence-electron chi connectivity index (χ2n) is 6.66. The van der Waals surface area contributed by atoms with Crippen LogP contribution >= 0.6 is 12.6 Å². The third-order valence-electron chi connectivity index (χ3n) is 3.90. The van der Waals surface area contributed by atoms with Gasteiger partial charge in [-0.05, 0) is 6.42 Å². The molecule has 0 aliphatic heterocycles. The summed E-state index contributed by atoms with van der Waals surface area (Å²) in [7, 11) is 0. The topological polar surface area (TPSA) is 280 Å². The average Bonchev–Trinajstić information content (AvgIpc) is 2.67. The number of aliphatic carboxylic acids is 1. The van der Waals surface area contributed by atoms with Crippen molar-refractivity contribution in [3.8, 4) is 0 Å². The molecule has 0 aliphatic carbocycles. The third-order valence-corrected chi connectivity index (χ3v) is 4.30. The van der Waals surface area contributed by atoms with Crippen LogP contribution in [0.15, 0.2) is 0 Å². The molecule has 6 amide bonds. The van der Waals surface area contributed by atoms with Gasteiger partial charge in [0.2, 0.25) is 35.4 Å². The largest absolute Gasteiger partial charge is 0.480 e. The Morgan fingerprint density at radius 1 is 0.719 bits per heavy atom. The summed E-state index contributed by atoms with van der Waals surface area (Å²) in [6, 6.07) is -5.90. The van der Waals surface area contributed by atoms with E-state index in [-0.39, 0.29) is 18.6 Å². The normalized spacial score (nSPS) is 14.2. The van der Waals surface area contributed by atoms with Gasteiger partial charge in [-0.1, -0.05) is 0 Å². The maximum absolute atomic E-state index is 12.6. The molecule has 0 bridgehead atoms. The van der Waals surface area contributed by atoms with Crippen molar-refractivity contribution in [2.75, 3.05) is 5.75 Å². The minimum absolute atomic E-state index is 0.0780. The molecule has 0 spiro atoms. The van der Waals surface area contributed by atoms with Crippen molar-refractivity contribution >= 4 is 54.0 Å². The molecular weight excluding hydrogens is 450 g/mol. The molecule has 15 nitrogen and oxygen atoms in total. The van der Waals surface area contributed by atoms with Crippen molar-refractivity contribution in [1.82, 2.24) is 16.0 Å². The first kappa shape index (κ1) is 28.6. The van der Waals surface area contributed by atoms with Crippen LogP contribution in [0, 0.1) is 0 Å². The Bertz CT molecular complexity index is 763. The lowest BCUT2D eigenvalue weighted by Gasteiger charge is -2.24. The highest BCUT2D eigenvalue weighted by Gasteiger charge is 2.31. The smallest absolute Gasteiger partial charge is 0.326 e. The minimum Gasteiger partial charge on any atom is -0.480 e. The van der Waals surface area contributed by atoms with E-state index >= 15 is 0 Å². The van der Waals surface area contributed by atoms with Gasteiger partial charge in [0, 0.05) is 12.2 Å². The predicted molar refractivity (Wildman–Crippen MR) is 111 cm³/mol. The van der Waals surface area contributed by atoms with Gasteiger partial charge in [-0.3, -0.25) is 28.8 Å². The van der Waals surface area contributed by atoms with Gasteiger partial charge < -0.3 is 44.0 Å². The summed E-state index contributed by atoms with van der Waals surface area (Å²) in [6.07, 6.45) is -2.12. The summed E-state index contributed by atoms with van der Waals surface area (Å²) in [5.41, 5.74) is 20.6. The van der Waals surface area contributed by atoms with E-state index in [1.807, 2.05) is 0 Å². The molecule has 0 aromatic rings. The number of nitrogens with two attached hydrogens (primary N) is 4. The molecule has 0 aromatic carbocycles. The fraction of sp³-hybridized carbons (Fsp3) is 0.562. The van der Waals surface area contributed by atoms with E-state index in [1.165, 1.54) is 0 Å². The second-order valence-corrected chi connectivity index (χ2v) is 7.02. The molecule has 0 rings (SSSR count). The molecule has 0 fully saturated rings. The molecule has 0 radical (unpaired) electrons. The van der Waals surface area contributed by atoms with Gasteiger partial charge in [-0.25, -0.2) is 4.79 Å². The van der Waals surface area contributed by atoms with Crippen LogP contribution in [0.4, 0.5) is 0 Å². The SMILES string of the molecule is NC(=O)CCC(NC(=O)C(CC(N)=O)NC(=O)C(CC(N)=O)NC(=O)C(N)CS)C(=O)O. The summed E-state index contributed by atoms with van der Waals surface area (Å²) >= 11 is 3.84. The van der Waals surface area contributed by atoms with Gasteiger partial charge >= 0.3 is 5.97 Å². The molecule has 32 heavy (non-hydrogen) atoms. The van der Waals surface area contributed by atoms with Crippen LogP contribution in [0.25, 0.3) is 0 Å². The second kappa shape index (κ2) is 13.8. The highest BCUT2D eigenvalue weighted by atomic mass is 32.1. The zero-order valence-electron chi connectivity index (χ0n) is 16.9. The molecule has 4 atom stereocenters. The molecule has 0 saturated heterocycles. The standard InChI is InChI=1S/C16H27N7O8S/c17-6(5-32)13(27)22-8(3-11(19)25)15(29)23-9(4-12(20)26)14(28)21-7(16(30)31)1-2-10(18)24/h6-9,32H,1-5,17H2,(H2,18,24)(H2,19,25)(H2,20,26)(H,21,28)(H,22,27)(H,23,29)(H,30,31). The maximum atomic E-state index is 12.6. The molecule has 0 saturated carbocycles. The predicted octanol–water partition coefficient (Wildman–Crippen LogP) is -5.20. The van der Waals surface area contributed by atoms with E-state index in [0.717, 1.165) is 0 Å². The molecule has 4 unspecified atom stereocenters. The van der Waals surface area contributed by atoms with Crippen molar-refractivity contribution in [3.05, 3.63) is 0 Å². The van der Waals surface area contributed by atoms with Crippen LogP contribution in [0.1, 0.15) is 25.7 Å². The van der Waals surface area contributed by atoms with Gasteiger partial charge in [0.1, 0.15) is 18.1 Å². The first-order chi connectivity index (χ1) is 14.8. The summed E-state index contributed by atoms with van der Waals surface area (Å²) in [5, 5.41) is 15.5. The lowest BCUT2D eigenvalue weighted by molar-refractivity contribution is -0.143. The summed E-state index contributed by atoms with van der Waals surface area (Å²) < 4.78 is 0. The van der Waals surface area contributed by atoms with Crippen LogP contribution < -0.4 is 38.9 Å². The van der Waals surface area contributed by atoms with E-state index in [2.05, 4.69) is 28.6 Å². The number of amides is 6. The van der Waals surface area contributed by atoms with Crippen LogP contribution in [0.3, 0.4) is 0 Å². The van der Waals surface area contributed by atoms with E-state index in [0.29, 0.717) is 0 Å². The van der Waals surface area contributed by atoms with E-state index < -0.39 is 78.4 Å². The minimum atomic E-state index is -1.67. The third kappa shape index (κ3) is 11.1. The van der Waals surface area contributed by atoms with Crippen molar-refractivity contribution in [2.45, 2.75) is 49.9 Å². The summed E-state index contributed by atoms with van der Waals surface area (Å²) in [5.74, 6) is -7.43. The van der Waals surface area contributed by atoms with Crippen molar-refractivity contribution < 1.29 is 38.7 Å². The molecule has 16 heteroatoms. The number of carboxylic acids is 1. The number of carbonyl (C=O) groups is 7. The Hall–Kier alpha value is -3.40. The van der Waals surface area contributed by atoms with Gasteiger partial charge in [0.05, 0.1) is 18.9 Å². The summed E-state index contributed by atoms with van der Waals surface area (Å²) in [4.78, 5) is 81.7. The quantitative estimate of drug-likeness (QED) is 0.102. The molecule has 0 aliphatic rings. The number of thiol groups is 1. The Morgan fingerprint density at radius 3 is 1.47 bits per heavy atom. The van der Waals surface area contributed by atoms with Crippen LogP contribution in [0.5, 0.6) is 0 Å². The lowest BCUT2D eigenvalue weighted by atomic mass is 10.1. The maximum Gasteiger partial charge on any atom is 0.326 e. The van der Waals surface area contributed by atoms with Gasteiger partial charge in [0.25, 0.3) is 0 Å². The average molecular weight is 478 g/mol. The van der Waals surface area contributed by atoms with Crippen LogP contribution in [0.2, 0.25) is 0 Å². The Labute approximate surface area is 187 Å². The molecule has 0 aromatic heterocycles. The number of hydrogen-bond donors (Lipinski definition) is 9. The molecule has 180 valence electrons. The Morgan fingerprint density at radius 2 is 1.12 bits per heavy atom. The Balaban J connectivity index is 5.51. The van der Waals surface area contributed by atoms with Gasteiger partial charge in [0.15, 0.2) is 0 Å². The number of carbonyl (C=O) groups excluding carboxylic acids is 6. The van der Waals surface area contributed by atoms with Crippen molar-refractivity contribution in [3.63, 3.8) is 0 Å². The number of carboxylic acid groups (broad SMARTS) is 1. The monoisotopic (exact) mass is 477 g/mol. The fourth-order valence-corrected chi connectivity index (χ4v) is 2.44. The molecule has 0 heterocycles. The van der Waals surface area contributed by atoms with Crippen molar-refractivity contribution in [1.29, 1.82) is 0 Å². The first-order valence-electron chi connectivity index (χ1n) is 9.13. The first-order valence-corrected chi connectivity index (χ1v) is 9.76. The number of primary amides is 3. The van der Waals surface area contributed by atoms with E-state index in [1.54, 1.807) is 0 Å². The highest BCUT2D eigenvalue weighted by Crippen LogP contribution is 2.02. The zero-order chi connectivity index (χ0) is 25.0. The fourth-order valence-electron chi connectivity index (χ4n) is 2.27. The van der Waals surface area contributed by atoms with E-state index in [4.69, 9.17) is 22.9 Å². The van der Waals surface area contributed by atoms with Gasteiger partial charge in [-0.2, -0.15) is 12.6 Å². The number of rotatable bonds is 15. The lowest BCUT2D eigenvalue weighted by Crippen LogP contribution is -2.58. The molecule has 12 N–H and O–H groups in total. The Kier molecular flexibility index (Phi) is 12.3. The number of nitrogens with one attached hydrogen (secondary N) is 3. The van der Waals surface area contributed by atoms with Crippen molar-refractivity contribution in [2.24, 2.45) is 22.9 Å². The highest BCUT2D eigenvalue weighted by molar-refractivity contribution is 7.80. The molecular formula is C16H27N7O8S. The van der Waals surface area contributed by atoms with E-state index in [9.17, 15) is 38.7 Å². The van der Waals surface area contributed by atoms with Gasteiger partial charge in [-0.15, -0.1) is 0 Å². The zero-order valence-corrected chi connectivity index (χ0v) is 17.8. The van der Waals surface area contributed by atoms with Crippen LogP contribution in [-0.2, 0) is 33.6 Å². The number of hydrogen-bond acceptors (Lipinski definition) is 9. The van der Waals surface area contributed by atoms with Crippen LogP contribution in [-0.4, -0.2) is 76.4 Å².